The summed E-state index contributed by atoms with van der Waals surface area (Å²) in [6.45, 7) is 2.00. The average molecular weight is 322 g/mol. The fraction of sp³-hybridized carbons (Fsp3) is 0.364. The maximum absolute atomic E-state index is 10.5. The van der Waals surface area contributed by atoms with Crippen molar-refractivity contribution < 1.29 is 14.6 Å². The van der Waals surface area contributed by atoms with Gasteiger partial charge in [-0.25, -0.2) is 0 Å². The van der Waals surface area contributed by atoms with Gasteiger partial charge in [0.15, 0.2) is 0 Å². The van der Waals surface area contributed by atoms with E-state index in [0.717, 1.165) is 5.75 Å². The number of rotatable bonds is 5. The van der Waals surface area contributed by atoms with Gasteiger partial charge in [0, 0.05) is 0 Å². The fourth-order valence-electron chi connectivity index (χ4n) is 1.17. The Hall–Kier alpha value is -0.720. The summed E-state index contributed by atoms with van der Waals surface area (Å²) in [5.74, 6) is 0.137. The fourth-order valence-corrected chi connectivity index (χ4v) is 3.98. The number of carboxylic acid groups (broad SMARTS) is 1. The minimum absolute atomic E-state index is 0.272. The van der Waals surface area contributed by atoms with Crippen LogP contribution in [0.25, 0.3) is 0 Å². The van der Waals surface area contributed by atoms with E-state index in [2.05, 4.69) is 0 Å². The molecule has 0 aliphatic carbocycles. The van der Waals surface area contributed by atoms with E-state index >= 15 is 0 Å². The van der Waals surface area contributed by atoms with E-state index in [1.54, 1.807) is 7.11 Å². The Morgan fingerprint density at radius 3 is 2.53 bits per heavy atom. The van der Waals surface area contributed by atoms with E-state index in [1.165, 1.54) is 3.61 Å². The van der Waals surface area contributed by atoms with E-state index in [0.29, 0.717) is 3.97 Å². The zero-order valence-corrected chi connectivity index (χ0v) is 11.1. The summed E-state index contributed by atoms with van der Waals surface area (Å²) in [6.07, 6.45) is 0.272. The van der Waals surface area contributed by atoms with Crippen LogP contribution in [-0.2, 0) is 4.79 Å². The number of hydrogen-bond donors (Lipinski definition) is 1. The van der Waals surface area contributed by atoms with E-state index in [4.69, 9.17) is 9.84 Å². The molecule has 0 saturated heterocycles. The monoisotopic (exact) mass is 324 g/mol. The van der Waals surface area contributed by atoms with Crippen LogP contribution in [0.15, 0.2) is 24.3 Å². The normalized spacial score (nSPS) is 12.1. The van der Waals surface area contributed by atoms with Crippen LogP contribution in [0.5, 0.6) is 5.75 Å². The van der Waals surface area contributed by atoms with Crippen molar-refractivity contribution in [3.8, 4) is 5.75 Å². The molecule has 3 nitrogen and oxygen atoms in total. The third kappa shape index (κ3) is 4.55. The molecule has 1 rings (SSSR count). The number of carboxylic acids is 1. The molecule has 0 saturated carbocycles. The first kappa shape index (κ1) is 12.3. The van der Waals surface area contributed by atoms with Crippen molar-refractivity contribution in [3.63, 3.8) is 0 Å². The number of methoxy groups -OCH3 is 1. The van der Waals surface area contributed by atoms with Crippen molar-refractivity contribution in [2.75, 3.05) is 7.11 Å². The third-order valence-electron chi connectivity index (χ3n) is 1.86. The van der Waals surface area contributed by atoms with E-state index < -0.39 is 26.9 Å². The zero-order valence-electron chi connectivity index (χ0n) is 8.77. The summed E-state index contributed by atoms with van der Waals surface area (Å²) < 4.78 is 6.63. The third-order valence-corrected chi connectivity index (χ3v) is 5.04. The molecule has 0 radical (unpaired) electrons. The molecular formula is C11H14O3Te. The topological polar surface area (TPSA) is 46.5 Å². The second kappa shape index (κ2) is 5.99. The maximum atomic E-state index is 10.5. The molecule has 0 heterocycles. The van der Waals surface area contributed by atoms with E-state index in [-0.39, 0.29) is 6.42 Å². The molecule has 0 fully saturated rings. The number of aliphatic carboxylic acids is 1. The van der Waals surface area contributed by atoms with Crippen LogP contribution >= 0.6 is 0 Å². The molecule has 1 atom stereocenters. The summed E-state index contributed by atoms with van der Waals surface area (Å²) in [5.41, 5.74) is 0. The van der Waals surface area contributed by atoms with Crippen molar-refractivity contribution >= 4 is 30.5 Å². The van der Waals surface area contributed by atoms with Gasteiger partial charge in [-0.15, -0.1) is 0 Å². The van der Waals surface area contributed by atoms with Gasteiger partial charge < -0.3 is 0 Å². The van der Waals surface area contributed by atoms with Crippen LogP contribution in [0.1, 0.15) is 13.3 Å². The molecule has 0 aliphatic heterocycles. The van der Waals surface area contributed by atoms with Crippen molar-refractivity contribution in [2.45, 2.75) is 17.3 Å². The predicted molar refractivity (Wildman–Crippen MR) is 60.1 cm³/mol. The number of ether oxygens (including phenoxy) is 1. The van der Waals surface area contributed by atoms with Crippen LogP contribution in [0, 0.1) is 0 Å². The van der Waals surface area contributed by atoms with Gasteiger partial charge in [0.1, 0.15) is 0 Å². The van der Waals surface area contributed by atoms with Crippen LogP contribution in [0.3, 0.4) is 0 Å². The molecule has 4 heteroatoms. The van der Waals surface area contributed by atoms with Crippen LogP contribution in [0.2, 0.25) is 3.97 Å². The predicted octanol–water partition coefficient (Wildman–Crippen LogP) is 1.31. The average Bonchev–Trinajstić information content (AvgIpc) is 2.17. The number of benzene rings is 1. The summed E-state index contributed by atoms with van der Waals surface area (Å²) >= 11 is -0.408. The van der Waals surface area contributed by atoms with Crippen molar-refractivity contribution in [3.05, 3.63) is 24.3 Å². The first-order valence-corrected chi connectivity index (χ1v) is 7.15. The first-order valence-electron chi connectivity index (χ1n) is 4.64. The van der Waals surface area contributed by atoms with Gasteiger partial charge in [0.2, 0.25) is 0 Å². The van der Waals surface area contributed by atoms with Gasteiger partial charge >= 0.3 is 99.6 Å². The van der Waals surface area contributed by atoms with Crippen molar-refractivity contribution in [1.29, 1.82) is 0 Å². The Labute approximate surface area is 99.5 Å². The number of hydrogen-bond acceptors (Lipinski definition) is 2. The molecule has 1 aromatic carbocycles. The van der Waals surface area contributed by atoms with E-state index in [9.17, 15) is 4.79 Å². The molecule has 0 aromatic heterocycles. The standard InChI is InChI=1S/C11H14O3Te/c1-8(7-11(12)13)15-10-5-3-9(14-2)4-6-10/h3-6,8H,7H2,1-2H3,(H,12,13). The summed E-state index contributed by atoms with van der Waals surface area (Å²) in [4.78, 5) is 10.5. The van der Waals surface area contributed by atoms with E-state index in [1.807, 2.05) is 31.2 Å². The molecule has 0 aliphatic rings. The van der Waals surface area contributed by atoms with Gasteiger partial charge in [0.25, 0.3) is 0 Å². The molecule has 1 unspecified atom stereocenters. The molecule has 82 valence electrons. The molecule has 0 bridgehead atoms. The Morgan fingerprint density at radius 1 is 1.47 bits per heavy atom. The van der Waals surface area contributed by atoms with Crippen molar-refractivity contribution in [2.24, 2.45) is 0 Å². The summed E-state index contributed by atoms with van der Waals surface area (Å²) in [6, 6.07) is 7.90. The van der Waals surface area contributed by atoms with Crippen LogP contribution < -0.4 is 8.35 Å². The molecule has 15 heavy (non-hydrogen) atoms. The Balaban J connectivity index is 2.53. The Kier molecular flexibility index (Phi) is 4.93. The van der Waals surface area contributed by atoms with Gasteiger partial charge in [-0.3, -0.25) is 0 Å². The van der Waals surface area contributed by atoms with Crippen LogP contribution in [-0.4, -0.2) is 39.1 Å². The Bertz CT molecular complexity index is 321. The number of carbonyl (C=O) groups is 1. The second-order valence-electron chi connectivity index (χ2n) is 3.20. The zero-order chi connectivity index (χ0) is 11.3. The first-order chi connectivity index (χ1) is 7.11. The van der Waals surface area contributed by atoms with Gasteiger partial charge in [-0.2, -0.15) is 0 Å². The minimum atomic E-state index is -0.707. The second-order valence-corrected chi connectivity index (χ2v) is 7.52. The molecule has 1 aromatic rings. The van der Waals surface area contributed by atoms with Gasteiger partial charge in [-0.1, -0.05) is 0 Å². The van der Waals surface area contributed by atoms with Gasteiger partial charge in [0.05, 0.1) is 0 Å². The van der Waals surface area contributed by atoms with Gasteiger partial charge in [-0.05, 0) is 0 Å². The quantitative estimate of drug-likeness (QED) is 0.832. The van der Waals surface area contributed by atoms with Crippen LogP contribution in [0.4, 0.5) is 0 Å². The molecule has 1 N–H and O–H groups in total. The van der Waals surface area contributed by atoms with Crippen molar-refractivity contribution in [1.82, 2.24) is 0 Å². The molecule has 0 amide bonds. The molecular weight excluding hydrogens is 308 g/mol. The summed E-state index contributed by atoms with van der Waals surface area (Å²) in [5, 5.41) is 8.64. The SMILES string of the molecule is COc1ccc([Te]C(C)CC(=O)O)cc1. The summed E-state index contributed by atoms with van der Waals surface area (Å²) in [7, 11) is 1.64. The Morgan fingerprint density at radius 2 is 2.07 bits per heavy atom. The molecule has 0 spiro atoms.